The Morgan fingerprint density at radius 1 is 1.37 bits per heavy atom. The van der Waals surface area contributed by atoms with Crippen molar-refractivity contribution in [3.8, 4) is 0 Å². The average molecular weight is 383 g/mol. The van der Waals surface area contributed by atoms with Crippen LogP contribution in [0.1, 0.15) is 32.8 Å². The van der Waals surface area contributed by atoms with E-state index in [1.54, 1.807) is 36.4 Å². The predicted octanol–water partition coefficient (Wildman–Crippen LogP) is 4.57. The smallest absolute Gasteiger partial charge is 0.402 e. The zero-order chi connectivity index (χ0) is 20.4. The third-order valence-electron chi connectivity index (χ3n) is 4.72. The lowest BCUT2D eigenvalue weighted by atomic mass is 9.68. The van der Waals surface area contributed by atoms with E-state index in [4.69, 9.17) is 4.74 Å². The molecule has 0 fully saturated rings. The predicted molar refractivity (Wildman–Crippen MR) is 93.3 cm³/mol. The van der Waals surface area contributed by atoms with Gasteiger partial charge in [0.25, 0.3) is 0 Å². The lowest BCUT2D eigenvalue weighted by Gasteiger charge is -2.38. The van der Waals surface area contributed by atoms with Crippen molar-refractivity contribution in [2.45, 2.75) is 38.9 Å². The Balaban J connectivity index is 2.75. The van der Waals surface area contributed by atoms with Crippen LogP contribution in [0.4, 0.5) is 13.2 Å². The van der Waals surface area contributed by atoms with Gasteiger partial charge in [-0.1, -0.05) is 36.4 Å². The van der Waals surface area contributed by atoms with Crippen molar-refractivity contribution < 1.29 is 27.6 Å². The molecule has 0 heterocycles. The number of hydrogen-bond acceptors (Lipinski definition) is 4. The monoisotopic (exact) mass is 383 g/mol. The Hall–Kier alpha value is -2.64. The molecule has 8 heteroatoms. The number of allylic oxidation sites excluding steroid dienone is 1. The van der Waals surface area contributed by atoms with Crippen molar-refractivity contribution in [2.75, 3.05) is 6.61 Å². The number of nitro groups is 1. The number of benzene rings is 1. The van der Waals surface area contributed by atoms with Gasteiger partial charge in [0.15, 0.2) is 5.92 Å². The van der Waals surface area contributed by atoms with Gasteiger partial charge in [-0.25, -0.2) is 4.79 Å². The topological polar surface area (TPSA) is 69.4 Å². The summed E-state index contributed by atoms with van der Waals surface area (Å²) < 4.78 is 46.2. The molecule has 0 amide bonds. The van der Waals surface area contributed by atoms with Gasteiger partial charge < -0.3 is 4.74 Å². The van der Waals surface area contributed by atoms with Gasteiger partial charge in [0.05, 0.1) is 12.2 Å². The number of alkyl halides is 3. The Kier molecular flexibility index (Phi) is 5.77. The van der Waals surface area contributed by atoms with Crippen LogP contribution in [0.15, 0.2) is 47.1 Å². The number of rotatable bonds is 4. The third-order valence-corrected chi connectivity index (χ3v) is 4.72. The summed E-state index contributed by atoms with van der Waals surface area (Å²) >= 11 is 0. The van der Waals surface area contributed by atoms with Gasteiger partial charge in [-0.2, -0.15) is 13.2 Å². The highest BCUT2D eigenvalue weighted by Crippen LogP contribution is 2.50. The molecule has 0 bridgehead atoms. The van der Waals surface area contributed by atoms with Gasteiger partial charge in [0, 0.05) is 18.3 Å². The van der Waals surface area contributed by atoms with Crippen LogP contribution in [0.5, 0.6) is 0 Å². The molecule has 2 atom stereocenters. The Bertz CT molecular complexity index is 799. The van der Waals surface area contributed by atoms with Gasteiger partial charge >= 0.3 is 12.1 Å². The summed E-state index contributed by atoms with van der Waals surface area (Å²) in [5, 5.41) is 11.7. The molecule has 146 valence electrons. The third kappa shape index (κ3) is 4.04. The number of hydrogen-bond donors (Lipinski definition) is 0. The fourth-order valence-corrected chi connectivity index (χ4v) is 3.40. The van der Waals surface area contributed by atoms with Crippen molar-refractivity contribution in [3.05, 3.63) is 62.7 Å². The minimum Gasteiger partial charge on any atom is -0.463 e. The molecule has 0 unspecified atom stereocenters. The van der Waals surface area contributed by atoms with E-state index in [-0.39, 0.29) is 12.2 Å². The Morgan fingerprint density at radius 2 is 1.96 bits per heavy atom. The summed E-state index contributed by atoms with van der Waals surface area (Å²) in [6.45, 7) is 3.63. The highest BCUT2D eigenvalue weighted by Gasteiger charge is 2.64. The fourth-order valence-electron chi connectivity index (χ4n) is 3.40. The van der Waals surface area contributed by atoms with Crippen LogP contribution in [0.3, 0.4) is 0 Å². The molecule has 5 nitrogen and oxygen atoms in total. The highest BCUT2D eigenvalue weighted by molar-refractivity contribution is 5.92. The van der Waals surface area contributed by atoms with Crippen LogP contribution in [0, 0.1) is 16.0 Å². The molecule has 1 aromatic carbocycles. The minimum absolute atomic E-state index is 0.0685. The summed E-state index contributed by atoms with van der Waals surface area (Å²) in [4.78, 5) is 23.1. The summed E-state index contributed by atoms with van der Waals surface area (Å²) in [6.07, 6.45) is -3.85. The molecule has 1 aromatic rings. The summed E-state index contributed by atoms with van der Waals surface area (Å²) in [7, 11) is 0. The Labute approximate surface area is 154 Å². The van der Waals surface area contributed by atoms with Crippen LogP contribution in [-0.4, -0.2) is 29.2 Å². The summed E-state index contributed by atoms with van der Waals surface area (Å²) in [6, 6.07) is 8.71. The van der Waals surface area contributed by atoms with Crippen LogP contribution in [-0.2, 0) is 9.53 Å². The van der Waals surface area contributed by atoms with Crippen LogP contribution in [0.2, 0.25) is 0 Å². The number of nitrogens with zero attached hydrogens (tertiary/aromatic N) is 1. The number of halogens is 3. The average Bonchev–Trinajstić information content (AvgIpc) is 2.57. The molecule has 0 radical (unpaired) electrons. The largest absolute Gasteiger partial charge is 0.463 e. The first-order chi connectivity index (χ1) is 12.5. The molecule has 2 rings (SSSR count). The molecular weight excluding hydrogens is 363 g/mol. The highest BCUT2D eigenvalue weighted by atomic mass is 19.4. The van der Waals surface area contributed by atoms with Crippen LogP contribution < -0.4 is 0 Å². The van der Waals surface area contributed by atoms with Crippen molar-refractivity contribution in [1.82, 2.24) is 0 Å². The van der Waals surface area contributed by atoms with E-state index in [9.17, 15) is 28.1 Å². The summed E-state index contributed by atoms with van der Waals surface area (Å²) in [5.41, 5.74) is -2.06. The van der Waals surface area contributed by atoms with Crippen LogP contribution in [0.25, 0.3) is 6.08 Å². The maximum atomic E-state index is 13.8. The Morgan fingerprint density at radius 3 is 2.44 bits per heavy atom. The molecule has 0 spiro atoms. The summed E-state index contributed by atoms with van der Waals surface area (Å²) in [5.74, 6) is -3.73. The number of carbonyl (C=O) groups is 1. The fraction of sp³-hybridized carbons (Fsp3) is 0.421. The first-order valence-electron chi connectivity index (χ1n) is 8.37. The standard InChI is InChI=1S/C19H20F3NO4/c1-4-27-17(24)15-12(2)14(10-13-8-6-5-7-9-13)11-18(3,23(25)26)16(15)19(20,21)22/h5-10,16H,4,11H2,1-3H3/b14-10+/t16-,18-/m0/s1. The quantitative estimate of drug-likeness (QED) is 0.434. The van der Waals surface area contributed by atoms with E-state index in [1.165, 1.54) is 13.8 Å². The first-order valence-corrected chi connectivity index (χ1v) is 8.37. The van der Waals surface area contributed by atoms with Crippen molar-refractivity contribution in [2.24, 2.45) is 5.92 Å². The number of carbonyl (C=O) groups excluding carboxylic acids is 1. The zero-order valence-corrected chi connectivity index (χ0v) is 15.2. The SMILES string of the molecule is CCOC(=O)C1=C(C)/C(=C/c2ccccc2)C[C@](C)([N+](=O)[O-])[C@H]1C(F)(F)F. The van der Waals surface area contributed by atoms with E-state index in [0.717, 1.165) is 6.92 Å². The second-order valence-corrected chi connectivity index (χ2v) is 6.61. The molecule has 1 aliphatic carbocycles. The van der Waals surface area contributed by atoms with Gasteiger partial charge in [-0.15, -0.1) is 0 Å². The van der Waals surface area contributed by atoms with E-state index >= 15 is 0 Å². The van der Waals surface area contributed by atoms with Gasteiger partial charge in [0.1, 0.15) is 0 Å². The molecule has 1 aliphatic rings. The molecule has 0 saturated heterocycles. The van der Waals surface area contributed by atoms with Crippen molar-refractivity contribution >= 4 is 12.0 Å². The zero-order valence-electron chi connectivity index (χ0n) is 15.2. The molecule has 27 heavy (non-hydrogen) atoms. The maximum absolute atomic E-state index is 13.8. The normalized spacial score (nSPS) is 24.8. The van der Waals surface area contributed by atoms with E-state index in [1.807, 2.05) is 0 Å². The molecular formula is C19H20F3NO4. The molecule has 0 aliphatic heterocycles. The number of esters is 1. The van der Waals surface area contributed by atoms with Crippen molar-refractivity contribution in [3.63, 3.8) is 0 Å². The van der Waals surface area contributed by atoms with E-state index in [0.29, 0.717) is 11.1 Å². The van der Waals surface area contributed by atoms with Gasteiger partial charge in [0.2, 0.25) is 5.54 Å². The van der Waals surface area contributed by atoms with E-state index < -0.39 is 40.5 Å². The first kappa shape index (κ1) is 20.7. The molecule has 0 N–H and O–H groups in total. The van der Waals surface area contributed by atoms with Gasteiger partial charge in [-0.05, 0) is 30.6 Å². The maximum Gasteiger partial charge on any atom is 0.402 e. The van der Waals surface area contributed by atoms with Gasteiger partial charge in [-0.3, -0.25) is 10.1 Å². The lowest BCUT2D eigenvalue weighted by molar-refractivity contribution is -0.583. The van der Waals surface area contributed by atoms with Crippen LogP contribution >= 0.6 is 0 Å². The van der Waals surface area contributed by atoms with Crippen molar-refractivity contribution in [1.29, 1.82) is 0 Å². The molecule has 0 saturated carbocycles. The lowest BCUT2D eigenvalue weighted by Crippen LogP contribution is -2.54. The molecule has 0 aromatic heterocycles. The second-order valence-electron chi connectivity index (χ2n) is 6.61. The second kappa shape index (κ2) is 7.54. The minimum atomic E-state index is -4.97. The van der Waals surface area contributed by atoms with E-state index in [2.05, 4.69) is 0 Å². The number of ether oxygens (including phenoxy) is 1.